The average Bonchev–Trinajstić information content (AvgIpc) is 3.12. The van der Waals surface area contributed by atoms with Crippen molar-refractivity contribution in [3.8, 4) is 5.75 Å². The van der Waals surface area contributed by atoms with Gasteiger partial charge < -0.3 is 14.5 Å². The lowest BCUT2D eigenvalue weighted by Crippen LogP contribution is -2.15. The van der Waals surface area contributed by atoms with Crippen LogP contribution in [0.3, 0.4) is 0 Å². The largest absolute Gasteiger partial charge is 0.484 e. The third kappa shape index (κ3) is 3.96. The second-order valence-electron chi connectivity index (χ2n) is 5.74. The molecular weight excluding hydrogens is 402 g/mol. The molecule has 0 spiro atoms. The van der Waals surface area contributed by atoms with Crippen LogP contribution in [0.2, 0.25) is 5.02 Å². The molecule has 1 heterocycles. The van der Waals surface area contributed by atoms with Gasteiger partial charge in [-0.25, -0.2) is 17.6 Å². The molecule has 4 nitrogen and oxygen atoms in total. The molecular formula is C19H12ClF4NO3. The Morgan fingerprint density at radius 2 is 1.79 bits per heavy atom. The van der Waals surface area contributed by atoms with Gasteiger partial charge in [0, 0.05) is 6.07 Å². The van der Waals surface area contributed by atoms with E-state index in [2.05, 4.69) is 0 Å². The van der Waals surface area contributed by atoms with Crippen molar-refractivity contribution in [1.29, 1.82) is 0 Å². The van der Waals surface area contributed by atoms with Gasteiger partial charge in [-0.15, -0.1) is 0 Å². The maximum absolute atomic E-state index is 13.6. The van der Waals surface area contributed by atoms with Crippen molar-refractivity contribution in [2.24, 2.45) is 0 Å². The first kappa shape index (κ1) is 19.8. The lowest BCUT2D eigenvalue weighted by atomic mass is 10.2. The van der Waals surface area contributed by atoms with Crippen molar-refractivity contribution >= 4 is 23.2 Å². The Balaban J connectivity index is 1.73. The van der Waals surface area contributed by atoms with Crippen LogP contribution < -0.4 is 10.1 Å². The van der Waals surface area contributed by atoms with E-state index in [1.54, 1.807) is 30.4 Å². The molecule has 0 aliphatic rings. The van der Waals surface area contributed by atoms with Gasteiger partial charge in [0.15, 0.2) is 29.0 Å². The number of amides is 1. The Kier molecular flexibility index (Phi) is 5.60. The Bertz CT molecular complexity index is 1010. The summed E-state index contributed by atoms with van der Waals surface area (Å²) in [5, 5.41) is 2.15. The highest BCUT2D eigenvalue weighted by atomic mass is 35.5. The number of para-hydroxylation sites is 1. The Morgan fingerprint density at radius 3 is 2.43 bits per heavy atom. The SMILES string of the molecule is Cc1cccc(Cl)c1OCc1ccc(C(=O)Nc2c(F)c(F)cc(F)c2F)o1. The van der Waals surface area contributed by atoms with Crippen molar-refractivity contribution in [1.82, 2.24) is 0 Å². The minimum absolute atomic E-state index is 0.0410. The highest BCUT2D eigenvalue weighted by Crippen LogP contribution is 2.29. The number of hydrogen-bond donors (Lipinski definition) is 1. The maximum atomic E-state index is 13.6. The molecule has 0 radical (unpaired) electrons. The zero-order chi connectivity index (χ0) is 20.4. The van der Waals surface area contributed by atoms with Crippen molar-refractivity contribution < 1.29 is 31.5 Å². The highest BCUT2D eigenvalue weighted by molar-refractivity contribution is 6.32. The van der Waals surface area contributed by atoms with Crippen LogP contribution in [0.25, 0.3) is 0 Å². The standard InChI is InChI=1S/C19H12ClF4NO3/c1-9-3-2-4-11(20)18(9)27-8-10-5-6-14(28-10)19(26)25-17-15(23)12(21)7-13(22)16(17)24/h2-7H,8H2,1H3,(H,25,26). The number of halogens is 5. The summed E-state index contributed by atoms with van der Waals surface area (Å²) in [7, 11) is 0. The second kappa shape index (κ2) is 7.93. The quantitative estimate of drug-likeness (QED) is 0.435. The van der Waals surface area contributed by atoms with Crippen molar-refractivity contribution in [2.75, 3.05) is 5.32 Å². The van der Waals surface area contributed by atoms with Crippen LogP contribution in [-0.2, 0) is 6.61 Å². The Labute approximate surface area is 161 Å². The molecule has 0 fully saturated rings. The smallest absolute Gasteiger partial charge is 0.291 e. The van der Waals surface area contributed by atoms with Crippen LogP contribution in [0.5, 0.6) is 5.75 Å². The summed E-state index contributed by atoms with van der Waals surface area (Å²) in [6.45, 7) is 1.72. The molecule has 0 aliphatic heterocycles. The molecule has 1 amide bonds. The fraction of sp³-hybridized carbons (Fsp3) is 0.105. The molecule has 0 unspecified atom stereocenters. The van der Waals surface area contributed by atoms with Crippen LogP contribution in [0, 0.1) is 30.2 Å². The molecule has 1 N–H and O–H groups in total. The van der Waals surface area contributed by atoms with Crippen LogP contribution in [0.15, 0.2) is 40.8 Å². The van der Waals surface area contributed by atoms with Crippen LogP contribution >= 0.6 is 11.6 Å². The van der Waals surface area contributed by atoms with Gasteiger partial charge in [-0.2, -0.15) is 0 Å². The summed E-state index contributed by atoms with van der Waals surface area (Å²) in [4.78, 5) is 12.1. The number of aryl methyl sites for hydroxylation is 1. The predicted molar refractivity (Wildman–Crippen MR) is 93.5 cm³/mol. The predicted octanol–water partition coefficient (Wildman–Crippen LogP) is 5.63. The average molecular weight is 414 g/mol. The number of anilines is 1. The molecule has 146 valence electrons. The first-order valence-electron chi connectivity index (χ1n) is 7.89. The zero-order valence-electron chi connectivity index (χ0n) is 14.3. The van der Waals surface area contributed by atoms with Gasteiger partial charge >= 0.3 is 0 Å². The van der Waals surface area contributed by atoms with E-state index in [4.69, 9.17) is 20.8 Å². The van der Waals surface area contributed by atoms with Crippen molar-refractivity contribution in [3.63, 3.8) is 0 Å². The minimum atomic E-state index is -1.73. The summed E-state index contributed by atoms with van der Waals surface area (Å²) in [5.41, 5.74) is -0.459. The normalized spacial score (nSPS) is 10.8. The lowest BCUT2D eigenvalue weighted by molar-refractivity contribution is 0.0991. The number of nitrogens with one attached hydrogen (secondary N) is 1. The molecule has 0 saturated carbocycles. The van der Waals surface area contributed by atoms with Gasteiger partial charge in [0.05, 0.1) is 5.02 Å². The molecule has 0 bridgehead atoms. The van der Waals surface area contributed by atoms with Gasteiger partial charge in [0.25, 0.3) is 5.91 Å². The monoisotopic (exact) mass is 413 g/mol. The van der Waals surface area contributed by atoms with Gasteiger partial charge in [0.2, 0.25) is 0 Å². The number of furan rings is 1. The Hall–Kier alpha value is -3.00. The number of carbonyl (C=O) groups is 1. The molecule has 9 heteroatoms. The van der Waals surface area contributed by atoms with Gasteiger partial charge in [-0.1, -0.05) is 23.7 Å². The van der Waals surface area contributed by atoms with Gasteiger partial charge in [-0.05, 0) is 30.7 Å². The molecule has 28 heavy (non-hydrogen) atoms. The first-order chi connectivity index (χ1) is 13.3. The molecule has 0 aliphatic carbocycles. The summed E-state index contributed by atoms with van der Waals surface area (Å²) in [6.07, 6.45) is 0. The summed E-state index contributed by atoms with van der Waals surface area (Å²) >= 11 is 6.04. The third-order valence-corrected chi connectivity index (χ3v) is 4.06. The van der Waals surface area contributed by atoms with Gasteiger partial charge in [-0.3, -0.25) is 4.79 Å². The fourth-order valence-corrected chi connectivity index (χ4v) is 2.65. The van der Waals surface area contributed by atoms with E-state index in [1.807, 2.05) is 0 Å². The molecule has 3 aromatic rings. The van der Waals surface area contributed by atoms with Crippen LogP contribution in [0.1, 0.15) is 21.9 Å². The van der Waals surface area contributed by atoms with Gasteiger partial charge in [0.1, 0.15) is 23.8 Å². The van der Waals surface area contributed by atoms with E-state index >= 15 is 0 Å². The van der Waals surface area contributed by atoms with E-state index in [-0.39, 0.29) is 24.2 Å². The minimum Gasteiger partial charge on any atom is -0.484 e. The number of ether oxygens (including phenoxy) is 1. The maximum Gasteiger partial charge on any atom is 0.291 e. The van der Waals surface area contributed by atoms with Crippen LogP contribution in [-0.4, -0.2) is 5.91 Å². The van der Waals surface area contributed by atoms with E-state index < -0.39 is 34.9 Å². The number of carbonyl (C=O) groups excluding carboxylic acids is 1. The Morgan fingerprint density at radius 1 is 1.11 bits per heavy atom. The molecule has 2 aromatic carbocycles. The molecule has 0 atom stereocenters. The lowest BCUT2D eigenvalue weighted by Gasteiger charge is -2.09. The summed E-state index contributed by atoms with van der Waals surface area (Å²) in [6, 6.07) is 7.86. The highest BCUT2D eigenvalue weighted by Gasteiger charge is 2.22. The van der Waals surface area contributed by atoms with Crippen LogP contribution in [0.4, 0.5) is 23.2 Å². The van der Waals surface area contributed by atoms with Crippen molar-refractivity contribution in [2.45, 2.75) is 13.5 Å². The zero-order valence-corrected chi connectivity index (χ0v) is 15.0. The molecule has 3 rings (SSSR count). The number of hydrogen-bond acceptors (Lipinski definition) is 3. The van der Waals surface area contributed by atoms with Crippen molar-refractivity contribution in [3.05, 3.63) is 81.8 Å². The summed E-state index contributed by atoms with van der Waals surface area (Å²) in [5.74, 6) is -7.51. The fourth-order valence-electron chi connectivity index (χ4n) is 2.38. The molecule has 1 aromatic heterocycles. The number of benzene rings is 2. The first-order valence-corrected chi connectivity index (χ1v) is 8.26. The van der Waals surface area contributed by atoms with E-state index in [1.165, 1.54) is 12.1 Å². The number of rotatable bonds is 5. The third-order valence-electron chi connectivity index (χ3n) is 3.76. The van der Waals surface area contributed by atoms with E-state index in [0.29, 0.717) is 10.8 Å². The van der Waals surface area contributed by atoms with E-state index in [9.17, 15) is 22.4 Å². The van der Waals surface area contributed by atoms with E-state index in [0.717, 1.165) is 5.56 Å². The summed E-state index contributed by atoms with van der Waals surface area (Å²) < 4.78 is 64.5. The molecule has 0 saturated heterocycles. The second-order valence-corrected chi connectivity index (χ2v) is 6.14. The topological polar surface area (TPSA) is 51.5 Å².